The van der Waals surface area contributed by atoms with E-state index >= 15 is 0 Å². The normalized spacial score (nSPS) is 16.4. The summed E-state index contributed by atoms with van der Waals surface area (Å²) in [5.74, 6) is 0.386. The van der Waals surface area contributed by atoms with Crippen LogP contribution in [-0.2, 0) is 38.8 Å². The molecule has 2 N–H and O–H groups in total. The second-order valence-corrected chi connectivity index (χ2v) is 11.8. The molecule has 1 atom stereocenters. The van der Waals surface area contributed by atoms with Crippen LogP contribution in [-0.4, -0.2) is 61.0 Å². The number of benzene rings is 3. The molecule has 9 nitrogen and oxygen atoms in total. The molecule has 0 bridgehead atoms. The largest absolute Gasteiger partial charge is 0.494 e. The summed E-state index contributed by atoms with van der Waals surface area (Å²) < 4.78 is 11.6. The third kappa shape index (κ3) is 9.06. The Labute approximate surface area is 269 Å². The molecule has 1 saturated heterocycles. The van der Waals surface area contributed by atoms with Crippen LogP contribution in [0.2, 0.25) is 5.02 Å². The van der Waals surface area contributed by atoms with E-state index in [1.165, 1.54) is 0 Å². The topological polar surface area (TPSA) is 100 Å². The van der Waals surface area contributed by atoms with Crippen molar-refractivity contribution in [2.45, 2.75) is 64.4 Å². The molecule has 1 aliphatic heterocycles. The Morgan fingerprint density at radius 1 is 1.02 bits per heavy atom. The molecule has 1 aliphatic carbocycles. The Bertz CT molecular complexity index is 1450. The molecule has 1 saturated carbocycles. The molecule has 1 heterocycles. The lowest BCUT2D eigenvalue weighted by Gasteiger charge is -2.38. The van der Waals surface area contributed by atoms with Crippen LogP contribution in [0.25, 0.3) is 0 Å². The number of anilines is 1. The van der Waals surface area contributed by atoms with Gasteiger partial charge in [-0.2, -0.15) is 0 Å². The quantitative estimate of drug-likeness (QED) is 0.233. The summed E-state index contributed by atoms with van der Waals surface area (Å²) in [7, 11) is 0. The first kappa shape index (κ1) is 32.5. The number of ether oxygens (including phenoxy) is 2. The Balaban J connectivity index is 1.20. The Hall–Kier alpha value is -3.92. The van der Waals surface area contributed by atoms with Crippen molar-refractivity contribution < 1.29 is 23.9 Å². The van der Waals surface area contributed by atoms with Gasteiger partial charge in [-0.3, -0.25) is 19.3 Å². The van der Waals surface area contributed by atoms with Crippen LogP contribution in [0.3, 0.4) is 0 Å². The fourth-order valence-corrected chi connectivity index (χ4v) is 5.52. The first-order chi connectivity index (χ1) is 21.9. The van der Waals surface area contributed by atoms with Crippen molar-refractivity contribution in [2.75, 3.05) is 31.2 Å². The van der Waals surface area contributed by atoms with Gasteiger partial charge in [0, 0.05) is 49.2 Å². The predicted octanol–water partition coefficient (Wildman–Crippen LogP) is 4.85. The molecule has 5 rings (SSSR count). The van der Waals surface area contributed by atoms with E-state index in [9.17, 15) is 14.4 Å². The molecule has 2 aliphatic rings. The molecule has 10 heteroatoms. The molecular weight excluding hydrogens is 592 g/mol. The number of hydrogen-bond acceptors (Lipinski definition) is 6. The van der Waals surface area contributed by atoms with E-state index in [1.807, 2.05) is 78.6 Å². The smallest absolute Gasteiger partial charge is 0.247 e. The second-order valence-electron chi connectivity index (χ2n) is 11.4. The molecule has 238 valence electrons. The number of carbonyl (C=O) groups excluding carboxylic acids is 3. The number of hydrogen-bond donors (Lipinski definition) is 2. The highest BCUT2D eigenvalue weighted by atomic mass is 35.5. The van der Waals surface area contributed by atoms with Gasteiger partial charge in [0.15, 0.2) is 0 Å². The zero-order valence-electron chi connectivity index (χ0n) is 25.7. The van der Waals surface area contributed by atoms with Gasteiger partial charge in [0.05, 0.1) is 26.4 Å². The van der Waals surface area contributed by atoms with Crippen molar-refractivity contribution in [1.82, 2.24) is 15.5 Å². The second kappa shape index (κ2) is 15.9. The fourth-order valence-electron chi connectivity index (χ4n) is 5.34. The van der Waals surface area contributed by atoms with Crippen molar-refractivity contribution in [3.05, 3.63) is 94.5 Å². The van der Waals surface area contributed by atoms with Crippen LogP contribution < -0.4 is 20.3 Å². The molecule has 0 spiro atoms. The molecule has 0 unspecified atom stereocenters. The van der Waals surface area contributed by atoms with Gasteiger partial charge in [-0.05, 0) is 59.9 Å². The number of piperazine rings is 1. The van der Waals surface area contributed by atoms with Crippen molar-refractivity contribution in [3.63, 3.8) is 0 Å². The third-order valence-electron chi connectivity index (χ3n) is 7.94. The summed E-state index contributed by atoms with van der Waals surface area (Å²) in [6.45, 7) is 4.72. The van der Waals surface area contributed by atoms with Crippen LogP contribution in [0.4, 0.5) is 5.69 Å². The first-order valence-electron chi connectivity index (χ1n) is 15.6. The van der Waals surface area contributed by atoms with E-state index in [1.54, 1.807) is 11.0 Å². The fraction of sp³-hybridized carbons (Fsp3) is 0.400. The Morgan fingerprint density at radius 3 is 2.53 bits per heavy atom. The Kier molecular flexibility index (Phi) is 11.5. The van der Waals surface area contributed by atoms with Gasteiger partial charge >= 0.3 is 0 Å². The minimum atomic E-state index is -0.689. The number of amides is 3. The van der Waals surface area contributed by atoms with E-state index in [4.69, 9.17) is 21.1 Å². The SMILES string of the molecule is CCC(=O)NCc1ccc(Cl)c(CN(C(=O)[C@H]2CNCC(=O)N2c2ccc(OCCCOCc3ccccc3)cc2)C2CC2)c1. The van der Waals surface area contributed by atoms with E-state index in [0.29, 0.717) is 62.3 Å². The average molecular weight is 633 g/mol. The maximum absolute atomic E-state index is 14.1. The van der Waals surface area contributed by atoms with Gasteiger partial charge in [0.25, 0.3) is 0 Å². The van der Waals surface area contributed by atoms with Gasteiger partial charge in [-0.15, -0.1) is 0 Å². The van der Waals surface area contributed by atoms with Crippen molar-refractivity contribution in [2.24, 2.45) is 0 Å². The molecule has 3 aromatic carbocycles. The van der Waals surface area contributed by atoms with Gasteiger partial charge in [0.1, 0.15) is 11.8 Å². The highest BCUT2D eigenvalue weighted by Gasteiger charge is 2.41. The van der Waals surface area contributed by atoms with E-state index in [0.717, 1.165) is 36.0 Å². The van der Waals surface area contributed by atoms with Crippen LogP contribution in [0.5, 0.6) is 5.75 Å². The highest BCUT2D eigenvalue weighted by molar-refractivity contribution is 6.31. The van der Waals surface area contributed by atoms with Gasteiger partial charge in [-0.1, -0.05) is 61.0 Å². The maximum atomic E-state index is 14.1. The molecule has 2 fully saturated rings. The van der Waals surface area contributed by atoms with Crippen molar-refractivity contribution in [3.8, 4) is 5.75 Å². The summed E-state index contributed by atoms with van der Waals surface area (Å²) in [6.07, 6.45) is 2.98. The number of halogens is 1. The summed E-state index contributed by atoms with van der Waals surface area (Å²) >= 11 is 6.57. The number of nitrogens with zero attached hydrogens (tertiary/aromatic N) is 2. The molecular formula is C35H41ClN4O5. The zero-order valence-corrected chi connectivity index (χ0v) is 26.4. The summed E-state index contributed by atoms with van der Waals surface area (Å²) in [4.78, 5) is 42.5. The number of nitrogens with one attached hydrogen (secondary N) is 2. The monoisotopic (exact) mass is 632 g/mol. The summed E-state index contributed by atoms with van der Waals surface area (Å²) in [5.41, 5.74) is 3.52. The van der Waals surface area contributed by atoms with Crippen LogP contribution >= 0.6 is 11.6 Å². The third-order valence-corrected chi connectivity index (χ3v) is 8.31. The van der Waals surface area contributed by atoms with Crippen molar-refractivity contribution in [1.29, 1.82) is 0 Å². The lowest BCUT2D eigenvalue weighted by atomic mass is 10.1. The maximum Gasteiger partial charge on any atom is 0.247 e. The lowest BCUT2D eigenvalue weighted by Crippen LogP contribution is -2.61. The molecule has 3 aromatic rings. The van der Waals surface area contributed by atoms with Gasteiger partial charge < -0.3 is 25.0 Å². The molecule has 0 aromatic heterocycles. The predicted molar refractivity (Wildman–Crippen MR) is 174 cm³/mol. The van der Waals surface area contributed by atoms with E-state index < -0.39 is 6.04 Å². The standard InChI is InChI=1S/C35H41ClN4O5/c1-2-33(41)38-20-26-9-16-31(36)27(19-26)23-39(28-10-11-28)35(43)32-21-37-22-34(42)40(32)29-12-14-30(15-13-29)45-18-6-17-44-24-25-7-4-3-5-8-25/h3-5,7-9,12-16,19,28,32,37H,2,6,10-11,17-18,20-24H2,1H3,(H,38,41)/t32-/m1/s1. The van der Waals surface area contributed by atoms with Crippen molar-refractivity contribution >= 4 is 35.0 Å². The number of carbonyl (C=O) groups is 3. The zero-order chi connectivity index (χ0) is 31.6. The van der Waals surface area contributed by atoms with Crippen LogP contribution in [0, 0.1) is 0 Å². The summed E-state index contributed by atoms with van der Waals surface area (Å²) in [5, 5.41) is 6.57. The first-order valence-corrected chi connectivity index (χ1v) is 16.0. The summed E-state index contributed by atoms with van der Waals surface area (Å²) in [6, 6.07) is 22.4. The van der Waals surface area contributed by atoms with Gasteiger partial charge in [0.2, 0.25) is 17.7 Å². The molecule has 3 amide bonds. The highest BCUT2D eigenvalue weighted by Crippen LogP contribution is 2.32. The van der Waals surface area contributed by atoms with Gasteiger partial charge in [-0.25, -0.2) is 0 Å². The van der Waals surface area contributed by atoms with Crippen LogP contribution in [0.1, 0.15) is 49.3 Å². The number of rotatable bonds is 15. The van der Waals surface area contributed by atoms with E-state index in [-0.39, 0.29) is 30.3 Å². The molecule has 45 heavy (non-hydrogen) atoms. The average Bonchev–Trinajstić information content (AvgIpc) is 3.91. The minimum absolute atomic E-state index is 0.0282. The minimum Gasteiger partial charge on any atom is -0.494 e. The lowest BCUT2D eigenvalue weighted by molar-refractivity contribution is -0.136. The van der Waals surface area contributed by atoms with Crippen LogP contribution in [0.15, 0.2) is 72.8 Å². The molecule has 0 radical (unpaired) electrons. The Morgan fingerprint density at radius 2 is 1.80 bits per heavy atom. The van der Waals surface area contributed by atoms with E-state index in [2.05, 4.69) is 10.6 Å².